The van der Waals surface area contributed by atoms with Crippen molar-refractivity contribution in [3.05, 3.63) is 18.2 Å². The number of carbonyl (C=O) groups is 2. The highest BCUT2D eigenvalue weighted by Crippen LogP contribution is 2.36. The molecule has 1 amide bonds. The molecule has 0 saturated heterocycles. The molecule has 1 aliphatic rings. The van der Waals surface area contributed by atoms with E-state index in [0.29, 0.717) is 31.7 Å². The zero-order valence-corrected chi connectivity index (χ0v) is 10.9. The number of H-pyrrole nitrogens is 1. The van der Waals surface area contributed by atoms with Gasteiger partial charge in [0.1, 0.15) is 0 Å². The Morgan fingerprint density at radius 2 is 2.21 bits per heavy atom. The second-order valence-electron chi connectivity index (χ2n) is 5.25. The van der Waals surface area contributed by atoms with Crippen molar-refractivity contribution in [1.29, 1.82) is 0 Å². The van der Waals surface area contributed by atoms with Crippen molar-refractivity contribution in [1.82, 2.24) is 15.3 Å². The van der Waals surface area contributed by atoms with Crippen LogP contribution in [0.25, 0.3) is 0 Å². The largest absolute Gasteiger partial charge is 0.481 e. The minimum absolute atomic E-state index is 0.142. The summed E-state index contributed by atoms with van der Waals surface area (Å²) in [5.41, 5.74) is 0.954. The fourth-order valence-corrected chi connectivity index (χ4v) is 2.73. The average Bonchev–Trinajstić information content (AvgIpc) is 2.98. The summed E-state index contributed by atoms with van der Waals surface area (Å²) in [6, 6.07) is 0. The van der Waals surface area contributed by atoms with E-state index in [1.807, 2.05) is 6.92 Å². The molecule has 2 rings (SSSR count). The molecule has 6 nitrogen and oxygen atoms in total. The van der Waals surface area contributed by atoms with Crippen LogP contribution in [0, 0.1) is 17.8 Å². The first-order valence-electron chi connectivity index (χ1n) is 6.55. The molecular weight excluding hydrogens is 246 g/mol. The van der Waals surface area contributed by atoms with Crippen LogP contribution >= 0.6 is 0 Å². The van der Waals surface area contributed by atoms with Crippen molar-refractivity contribution in [2.24, 2.45) is 17.8 Å². The van der Waals surface area contributed by atoms with E-state index in [4.69, 9.17) is 5.11 Å². The number of rotatable bonds is 5. The highest BCUT2D eigenvalue weighted by molar-refractivity contribution is 5.85. The fraction of sp³-hybridized carbons (Fsp3) is 0.615. The zero-order chi connectivity index (χ0) is 13.8. The summed E-state index contributed by atoms with van der Waals surface area (Å²) in [5.74, 6) is -1.64. The molecule has 0 bridgehead atoms. The first kappa shape index (κ1) is 13.6. The second-order valence-corrected chi connectivity index (χ2v) is 5.25. The molecule has 0 radical (unpaired) electrons. The van der Waals surface area contributed by atoms with E-state index in [0.717, 1.165) is 5.69 Å². The Morgan fingerprint density at radius 3 is 2.84 bits per heavy atom. The highest BCUT2D eigenvalue weighted by Gasteiger charge is 2.40. The summed E-state index contributed by atoms with van der Waals surface area (Å²) >= 11 is 0. The molecule has 104 valence electrons. The summed E-state index contributed by atoms with van der Waals surface area (Å²) in [7, 11) is 0. The van der Waals surface area contributed by atoms with Crippen LogP contribution in [-0.2, 0) is 16.0 Å². The van der Waals surface area contributed by atoms with Crippen molar-refractivity contribution in [2.75, 3.05) is 6.54 Å². The smallest absolute Gasteiger partial charge is 0.307 e. The molecule has 19 heavy (non-hydrogen) atoms. The number of hydrogen-bond donors (Lipinski definition) is 3. The third-order valence-electron chi connectivity index (χ3n) is 3.70. The normalized spacial score (nSPS) is 26.3. The van der Waals surface area contributed by atoms with Gasteiger partial charge in [-0.05, 0) is 18.8 Å². The minimum atomic E-state index is -0.863. The number of nitrogens with one attached hydrogen (secondary N) is 2. The lowest BCUT2D eigenvalue weighted by Crippen LogP contribution is -2.36. The van der Waals surface area contributed by atoms with Gasteiger partial charge in [-0.1, -0.05) is 6.92 Å². The van der Waals surface area contributed by atoms with Gasteiger partial charge in [-0.2, -0.15) is 0 Å². The van der Waals surface area contributed by atoms with E-state index in [-0.39, 0.29) is 5.91 Å². The van der Waals surface area contributed by atoms with Crippen molar-refractivity contribution in [3.8, 4) is 0 Å². The van der Waals surface area contributed by atoms with E-state index in [2.05, 4.69) is 15.3 Å². The van der Waals surface area contributed by atoms with Gasteiger partial charge in [0.15, 0.2) is 0 Å². The third kappa shape index (κ3) is 3.33. The topological polar surface area (TPSA) is 95.1 Å². The number of aliphatic carboxylic acids is 1. The van der Waals surface area contributed by atoms with Gasteiger partial charge >= 0.3 is 5.97 Å². The highest BCUT2D eigenvalue weighted by atomic mass is 16.4. The average molecular weight is 265 g/mol. The van der Waals surface area contributed by atoms with Crippen molar-refractivity contribution < 1.29 is 14.7 Å². The maximum absolute atomic E-state index is 12.0. The Bertz CT molecular complexity index is 444. The van der Waals surface area contributed by atoms with Crippen LogP contribution in [0.2, 0.25) is 0 Å². The lowest BCUT2D eigenvalue weighted by molar-refractivity contribution is -0.146. The van der Waals surface area contributed by atoms with Crippen LogP contribution < -0.4 is 5.32 Å². The lowest BCUT2D eigenvalue weighted by Gasteiger charge is -2.15. The number of amides is 1. The Hall–Kier alpha value is -1.85. The number of carbonyl (C=O) groups excluding carboxylic acids is 1. The van der Waals surface area contributed by atoms with Gasteiger partial charge in [0.25, 0.3) is 0 Å². The number of hydrogen-bond acceptors (Lipinski definition) is 3. The van der Waals surface area contributed by atoms with Crippen LogP contribution in [0.3, 0.4) is 0 Å². The number of carboxylic acid groups (broad SMARTS) is 1. The molecule has 6 heteroatoms. The number of carboxylic acids is 1. The number of aromatic nitrogens is 2. The lowest BCUT2D eigenvalue weighted by atomic mass is 9.95. The maximum Gasteiger partial charge on any atom is 0.307 e. The summed E-state index contributed by atoms with van der Waals surface area (Å²) in [6.45, 7) is 2.49. The number of aromatic amines is 1. The predicted molar refractivity (Wildman–Crippen MR) is 68.3 cm³/mol. The molecule has 0 aromatic carbocycles. The summed E-state index contributed by atoms with van der Waals surface area (Å²) in [4.78, 5) is 30.0. The zero-order valence-electron chi connectivity index (χ0n) is 10.9. The molecule has 0 spiro atoms. The second kappa shape index (κ2) is 5.86. The third-order valence-corrected chi connectivity index (χ3v) is 3.70. The first-order valence-corrected chi connectivity index (χ1v) is 6.55. The fourth-order valence-electron chi connectivity index (χ4n) is 2.73. The van der Waals surface area contributed by atoms with E-state index in [9.17, 15) is 9.59 Å². The first-order chi connectivity index (χ1) is 9.08. The van der Waals surface area contributed by atoms with Gasteiger partial charge in [-0.15, -0.1) is 0 Å². The Balaban J connectivity index is 1.83. The molecule has 3 atom stereocenters. The van der Waals surface area contributed by atoms with Crippen molar-refractivity contribution >= 4 is 11.9 Å². The molecular formula is C13H19N3O3. The Kier molecular flexibility index (Phi) is 4.19. The number of imidazole rings is 1. The summed E-state index contributed by atoms with van der Waals surface area (Å²) < 4.78 is 0. The van der Waals surface area contributed by atoms with E-state index >= 15 is 0 Å². The molecule has 1 aromatic heterocycles. The van der Waals surface area contributed by atoms with Crippen LogP contribution in [0.4, 0.5) is 0 Å². The molecule has 3 unspecified atom stereocenters. The molecule has 1 saturated carbocycles. The Morgan fingerprint density at radius 1 is 1.47 bits per heavy atom. The van der Waals surface area contributed by atoms with Crippen LogP contribution in [0.15, 0.2) is 12.5 Å². The monoisotopic (exact) mass is 265 g/mol. The minimum Gasteiger partial charge on any atom is -0.481 e. The molecule has 3 N–H and O–H groups in total. The van der Waals surface area contributed by atoms with E-state index < -0.39 is 17.8 Å². The van der Waals surface area contributed by atoms with Gasteiger partial charge in [0.2, 0.25) is 5.91 Å². The standard InChI is InChI=1S/C13H19N3O3/c1-8-4-10(11(5-8)13(18)19)12(17)15-3-2-9-6-14-7-16-9/h6-8,10-11H,2-5H2,1H3,(H,14,16)(H,15,17)(H,18,19). The summed E-state index contributed by atoms with van der Waals surface area (Å²) in [5, 5.41) is 12.0. The van der Waals surface area contributed by atoms with E-state index in [1.165, 1.54) is 0 Å². The maximum atomic E-state index is 12.0. The van der Waals surface area contributed by atoms with Crippen LogP contribution in [0.5, 0.6) is 0 Å². The predicted octanol–water partition coefficient (Wildman–Crippen LogP) is 0.815. The van der Waals surface area contributed by atoms with E-state index in [1.54, 1.807) is 12.5 Å². The molecule has 1 aliphatic carbocycles. The van der Waals surface area contributed by atoms with Gasteiger partial charge in [0, 0.05) is 24.9 Å². The van der Waals surface area contributed by atoms with Crippen molar-refractivity contribution in [3.63, 3.8) is 0 Å². The summed E-state index contributed by atoms with van der Waals surface area (Å²) in [6.07, 6.45) is 5.23. The quantitative estimate of drug-likeness (QED) is 0.734. The van der Waals surface area contributed by atoms with Crippen molar-refractivity contribution in [2.45, 2.75) is 26.2 Å². The van der Waals surface area contributed by atoms with Gasteiger partial charge in [0.05, 0.1) is 18.2 Å². The van der Waals surface area contributed by atoms with Gasteiger partial charge in [-0.3, -0.25) is 9.59 Å². The number of nitrogens with zero attached hydrogens (tertiary/aromatic N) is 1. The Labute approximate surface area is 111 Å². The molecule has 1 heterocycles. The van der Waals surface area contributed by atoms with Crippen LogP contribution in [0.1, 0.15) is 25.5 Å². The van der Waals surface area contributed by atoms with Gasteiger partial charge < -0.3 is 15.4 Å². The van der Waals surface area contributed by atoms with Gasteiger partial charge in [-0.25, -0.2) is 4.98 Å². The molecule has 1 fully saturated rings. The van der Waals surface area contributed by atoms with Crippen LogP contribution in [-0.4, -0.2) is 33.5 Å². The SMILES string of the molecule is CC1CC(C(=O)O)C(C(=O)NCCc2cnc[nH]2)C1. The molecule has 1 aromatic rings. The molecule has 0 aliphatic heterocycles.